The summed E-state index contributed by atoms with van der Waals surface area (Å²) >= 11 is 0. The Hall–Kier alpha value is -3.13. The van der Waals surface area contributed by atoms with Gasteiger partial charge in [-0.15, -0.1) is 0 Å². The summed E-state index contributed by atoms with van der Waals surface area (Å²) in [7, 11) is 0. The normalized spacial score (nSPS) is 14.7. The molecule has 8 heteroatoms. The third kappa shape index (κ3) is 4.17. The molecule has 1 atom stereocenters. The fourth-order valence-electron chi connectivity index (χ4n) is 3.12. The first kappa shape index (κ1) is 18.7. The number of aromatic nitrogens is 1. The molecule has 142 valence electrons. The number of benzene rings is 1. The highest BCUT2D eigenvalue weighted by Gasteiger charge is 2.30. The zero-order chi connectivity index (χ0) is 19.6. The molecule has 0 saturated heterocycles. The molecule has 1 aromatic heterocycles. The largest absolute Gasteiger partial charge is 0.398 e. The predicted molar refractivity (Wildman–Crippen MR) is 106 cm³/mol. The monoisotopic (exact) mass is 368 g/mol. The lowest BCUT2D eigenvalue weighted by atomic mass is 9.92. The summed E-state index contributed by atoms with van der Waals surface area (Å²) in [5, 5.41) is 16.0. The number of hydrogen-bond donors (Lipinski definition) is 5. The van der Waals surface area contributed by atoms with Crippen LogP contribution in [-0.2, 0) is 6.42 Å². The highest BCUT2D eigenvalue weighted by atomic mass is 16.3. The number of nitrogens with one attached hydrogen (secondary N) is 2. The van der Waals surface area contributed by atoms with Gasteiger partial charge >= 0.3 is 6.03 Å². The number of urea groups is 1. The molecule has 1 aliphatic heterocycles. The number of hydrogen-bond acceptors (Lipinski definition) is 6. The van der Waals surface area contributed by atoms with Gasteiger partial charge < -0.3 is 21.9 Å². The van der Waals surface area contributed by atoms with E-state index in [1.807, 2.05) is 30.3 Å². The van der Waals surface area contributed by atoms with Crippen LogP contribution in [0.1, 0.15) is 36.7 Å². The van der Waals surface area contributed by atoms with Gasteiger partial charge in [0.1, 0.15) is 11.7 Å². The number of nitrogen functional groups attached to an aromatic ring is 1. The zero-order valence-electron chi connectivity index (χ0n) is 15.4. The lowest BCUT2D eigenvalue weighted by Crippen LogP contribution is -2.44. The lowest BCUT2D eigenvalue weighted by Gasteiger charge is -2.30. The maximum atomic E-state index is 12.5. The van der Waals surface area contributed by atoms with Crippen LogP contribution in [0, 0.1) is 0 Å². The van der Waals surface area contributed by atoms with Crippen molar-refractivity contribution in [3.8, 4) is 0 Å². The number of carbonyl (C=O) groups excluding carboxylic acids is 1. The van der Waals surface area contributed by atoms with Gasteiger partial charge in [-0.25, -0.2) is 9.78 Å². The Bertz CT molecular complexity index is 874. The topological polar surface area (TPSA) is 139 Å². The van der Waals surface area contributed by atoms with Crippen LogP contribution in [0.4, 0.5) is 16.3 Å². The smallest absolute Gasteiger partial charge is 0.320 e. The van der Waals surface area contributed by atoms with E-state index in [0.29, 0.717) is 41.6 Å². The minimum Gasteiger partial charge on any atom is -0.398 e. The predicted octanol–water partition coefficient (Wildman–Crippen LogP) is 1.56. The average Bonchev–Trinajstić information content (AvgIpc) is 2.59. The summed E-state index contributed by atoms with van der Waals surface area (Å²) in [6.45, 7) is 3.82. The number of aliphatic imine (C=N–C) groups is 1. The lowest BCUT2D eigenvalue weighted by molar-refractivity contribution is 0.0415. The van der Waals surface area contributed by atoms with Crippen molar-refractivity contribution >= 4 is 23.4 Å². The van der Waals surface area contributed by atoms with E-state index in [9.17, 15) is 9.90 Å². The van der Waals surface area contributed by atoms with Crippen LogP contribution < -0.4 is 22.1 Å². The van der Waals surface area contributed by atoms with E-state index in [0.717, 1.165) is 5.56 Å². The second-order valence-corrected chi connectivity index (χ2v) is 7.03. The van der Waals surface area contributed by atoms with Crippen LogP contribution in [0.15, 0.2) is 41.4 Å². The molecule has 0 bridgehead atoms. The van der Waals surface area contributed by atoms with Gasteiger partial charge in [0.2, 0.25) is 0 Å². The number of fused-ring (bicyclic) bond motifs is 1. The van der Waals surface area contributed by atoms with Crippen LogP contribution in [-0.4, -0.2) is 34.1 Å². The third-order valence-electron chi connectivity index (χ3n) is 4.37. The van der Waals surface area contributed by atoms with Gasteiger partial charge in [0, 0.05) is 24.7 Å². The Labute approximate surface area is 157 Å². The summed E-state index contributed by atoms with van der Waals surface area (Å²) in [5.74, 6) is 0.685. The van der Waals surface area contributed by atoms with E-state index in [4.69, 9.17) is 11.5 Å². The fourth-order valence-corrected chi connectivity index (χ4v) is 3.12. The standard InChI is InChI=1S/C19H24N6O2/c1-19(2,27)16(11-6-4-3-5-7-11)25-18(26)24-14-10-12(20)15-13(23-14)8-9-22-17(15)21/h3-7,10,16,27H,8-9H2,1-2H3,(H2,21,22)(H4,20,23,24,25,26). The molecule has 27 heavy (non-hydrogen) atoms. The number of nitrogens with zero attached hydrogens (tertiary/aromatic N) is 2. The van der Waals surface area contributed by atoms with Gasteiger partial charge in [-0.05, 0) is 19.4 Å². The number of rotatable bonds is 4. The van der Waals surface area contributed by atoms with Crippen molar-refractivity contribution in [2.75, 3.05) is 17.6 Å². The average molecular weight is 368 g/mol. The molecule has 7 N–H and O–H groups in total. The summed E-state index contributed by atoms with van der Waals surface area (Å²) in [5.41, 5.74) is 13.3. The van der Waals surface area contributed by atoms with Gasteiger partial charge in [0.25, 0.3) is 0 Å². The first-order chi connectivity index (χ1) is 12.8. The molecule has 1 aromatic carbocycles. The second-order valence-electron chi connectivity index (χ2n) is 7.03. The van der Waals surface area contributed by atoms with Crippen molar-refractivity contribution in [3.05, 3.63) is 53.2 Å². The van der Waals surface area contributed by atoms with Gasteiger partial charge in [-0.1, -0.05) is 30.3 Å². The highest BCUT2D eigenvalue weighted by molar-refractivity contribution is 6.04. The van der Waals surface area contributed by atoms with E-state index in [1.54, 1.807) is 19.9 Å². The quantitative estimate of drug-likeness (QED) is 0.557. The molecule has 2 amide bonds. The molecule has 1 unspecified atom stereocenters. The Morgan fingerprint density at radius 1 is 1.26 bits per heavy atom. The molecule has 0 spiro atoms. The molecule has 2 aromatic rings. The maximum Gasteiger partial charge on any atom is 0.320 e. The Morgan fingerprint density at radius 3 is 2.63 bits per heavy atom. The number of anilines is 2. The second kappa shape index (κ2) is 7.24. The molecule has 2 heterocycles. The number of amides is 2. The SMILES string of the molecule is CC(C)(O)C(NC(=O)Nc1cc(N)c2c(n1)CCN=C2N)c1ccccc1. The molecule has 1 aliphatic rings. The van der Waals surface area contributed by atoms with Crippen molar-refractivity contribution in [3.63, 3.8) is 0 Å². The van der Waals surface area contributed by atoms with E-state index in [1.165, 1.54) is 0 Å². The summed E-state index contributed by atoms with van der Waals surface area (Å²) in [6, 6.07) is 9.73. The van der Waals surface area contributed by atoms with Crippen LogP contribution in [0.2, 0.25) is 0 Å². The Kier molecular flexibility index (Phi) is 5.00. The van der Waals surface area contributed by atoms with Gasteiger partial charge in [-0.3, -0.25) is 10.3 Å². The Morgan fingerprint density at radius 2 is 1.96 bits per heavy atom. The summed E-state index contributed by atoms with van der Waals surface area (Å²) in [4.78, 5) is 21.1. The van der Waals surface area contributed by atoms with Crippen molar-refractivity contribution in [1.82, 2.24) is 10.3 Å². The number of nitrogens with two attached hydrogens (primary N) is 2. The van der Waals surface area contributed by atoms with Crippen LogP contribution in [0.5, 0.6) is 0 Å². The molecule has 0 fully saturated rings. The van der Waals surface area contributed by atoms with Crippen molar-refractivity contribution in [1.29, 1.82) is 0 Å². The van der Waals surface area contributed by atoms with Gasteiger partial charge in [-0.2, -0.15) is 0 Å². The molecular weight excluding hydrogens is 344 g/mol. The van der Waals surface area contributed by atoms with Gasteiger partial charge in [0.05, 0.1) is 22.9 Å². The van der Waals surface area contributed by atoms with Crippen LogP contribution in [0.25, 0.3) is 0 Å². The third-order valence-corrected chi connectivity index (χ3v) is 4.37. The molecule has 0 saturated carbocycles. The van der Waals surface area contributed by atoms with Crippen LogP contribution in [0.3, 0.4) is 0 Å². The van der Waals surface area contributed by atoms with E-state index >= 15 is 0 Å². The molecular formula is C19H24N6O2. The zero-order valence-corrected chi connectivity index (χ0v) is 15.4. The van der Waals surface area contributed by atoms with Gasteiger partial charge in [0.15, 0.2) is 0 Å². The molecule has 0 aliphatic carbocycles. The molecule has 8 nitrogen and oxygen atoms in total. The van der Waals surface area contributed by atoms with Crippen LogP contribution >= 0.6 is 0 Å². The first-order valence-electron chi connectivity index (χ1n) is 8.70. The van der Waals surface area contributed by atoms with Crippen molar-refractivity contribution in [2.24, 2.45) is 10.7 Å². The molecule has 0 radical (unpaired) electrons. The fraction of sp³-hybridized carbons (Fsp3) is 0.316. The highest BCUT2D eigenvalue weighted by Crippen LogP contribution is 2.26. The van der Waals surface area contributed by atoms with E-state index in [-0.39, 0.29) is 0 Å². The first-order valence-corrected chi connectivity index (χ1v) is 8.70. The Balaban J connectivity index is 1.79. The number of aliphatic hydroxyl groups is 1. The summed E-state index contributed by atoms with van der Waals surface area (Å²) in [6.07, 6.45) is 0.605. The minimum atomic E-state index is -1.16. The molecule has 3 rings (SSSR count). The number of pyridine rings is 1. The van der Waals surface area contributed by atoms with E-state index < -0.39 is 17.7 Å². The van der Waals surface area contributed by atoms with E-state index in [2.05, 4.69) is 20.6 Å². The number of carbonyl (C=O) groups is 1. The minimum absolute atomic E-state index is 0.320. The summed E-state index contributed by atoms with van der Waals surface area (Å²) < 4.78 is 0. The van der Waals surface area contributed by atoms with Crippen molar-refractivity contribution < 1.29 is 9.90 Å². The number of amidine groups is 1. The van der Waals surface area contributed by atoms with Crippen molar-refractivity contribution in [2.45, 2.75) is 31.9 Å². The maximum absolute atomic E-state index is 12.5.